The standard InChI is InChI=1S/C11H14N4O2S/c12-18(16,17)11-5-2-1-4-10(11)13-7-9-15-8-3-6-14-15/h1-6,8,13H,7,9H2,(H2,12,16,17). The van der Waals surface area contributed by atoms with Gasteiger partial charge in [0.25, 0.3) is 0 Å². The van der Waals surface area contributed by atoms with Crippen LogP contribution >= 0.6 is 0 Å². The monoisotopic (exact) mass is 266 g/mol. The van der Waals surface area contributed by atoms with Gasteiger partial charge in [0.2, 0.25) is 10.0 Å². The fourth-order valence-corrected chi connectivity index (χ4v) is 2.31. The summed E-state index contributed by atoms with van der Waals surface area (Å²) in [5.41, 5.74) is 0.507. The van der Waals surface area contributed by atoms with Crippen molar-refractivity contribution < 1.29 is 8.42 Å². The molecule has 7 heteroatoms. The molecule has 0 saturated carbocycles. The molecule has 6 nitrogen and oxygen atoms in total. The minimum atomic E-state index is -3.70. The molecule has 0 unspecified atom stereocenters. The second-order valence-corrected chi connectivity index (χ2v) is 5.27. The van der Waals surface area contributed by atoms with Crippen LogP contribution in [-0.4, -0.2) is 24.7 Å². The Hall–Kier alpha value is -1.86. The Morgan fingerprint density at radius 1 is 1.28 bits per heavy atom. The highest BCUT2D eigenvalue weighted by atomic mass is 32.2. The summed E-state index contributed by atoms with van der Waals surface area (Å²) in [4.78, 5) is 0.102. The topological polar surface area (TPSA) is 90.0 Å². The van der Waals surface area contributed by atoms with E-state index in [4.69, 9.17) is 5.14 Å². The normalized spacial score (nSPS) is 11.4. The molecule has 0 spiro atoms. The maximum Gasteiger partial charge on any atom is 0.240 e. The first-order valence-electron chi connectivity index (χ1n) is 5.40. The van der Waals surface area contributed by atoms with E-state index in [1.807, 2.05) is 12.3 Å². The Morgan fingerprint density at radius 3 is 2.72 bits per heavy atom. The van der Waals surface area contributed by atoms with Crippen LogP contribution in [0.3, 0.4) is 0 Å². The summed E-state index contributed by atoms with van der Waals surface area (Å²) in [6.07, 6.45) is 3.53. The van der Waals surface area contributed by atoms with Crippen molar-refractivity contribution in [1.82, 2.24) is 9.78 Å². The zero-order valence-electron chi connectivity index (χ0n) is 9.65. The second-order valence-electron chi connectivity index (χ2n) is 3.74. The van der Waals surface area contributed by atoms with Gasteiger partial charge < -0.3 is 5.32 Å². The van der Waals surface area contributed by atoms with Crippen LogP contribution in [-0.2, 0) is 16.6 Å². The van der Waals surface area contributed by atoms with Crippen LogP contribution in [0.25, 0.3) is 0 Å². The molecule has 0 aliphatic heterocycles. The number of para-hydroxylation sites is 1. The molecule has 1 aromatic carbocycles. The van der Waals surface area contributed by atoms with Crippen LogP contribution in [0.1, 0.15) is 0 Å². The van der Waals surface area contributed by atoms with Gasteiger partial charge in [-0.15, -0.1) is 0 Å². The summed E-state index contributed by atoms with van der Waals surface area (Å²) < 4.78 is 24.5. The average Bonchev–Trinajstić information content (AvgIpc) is 2.81. The minimum absolute atomic E-state index is 0.102. The molecule has 0 saturated heterocycles. The summed E-state index contributed by atoms with van der Waals surface area (Å²) in [6, 6.07) is 8.38. The van der Waals surface area contributed by atoms with E-state index in [0.29, 0.717) is 18.8 Å². The maximum atomic E-state index is 11.4. The Balaban J connectivity index is 2.06. The smallest absolute Gasteiger partial charge is 0.240 e. The van der Waals surface area contributed by atoms with Crippen LogP contribution in [0.4, 0.5) is 5.69 Å². The van der Waals surface area contributed by atoms with E-state index in [9.17, 15) is 8.42 Å². The summed E-state index contributed by atoms with van der Waals surface area (Å²) in [6.45, 7) is 1.21. The van der Waals surface area contributed by atoms with Gasteiger partial charge in [-0.05, 0) is 18.2 Å². The number of primary sulfonamides is 1. The highest BCUT2D eigenvalue weighted by molar-refractivity contribution is 7.89. The summed E-state index contributed by atoms with van der Waals surface area (Å²) in [5.74, 6) is 0. The van der Waals surface area contributed by atoms with Crippen LogP contribution in [0.15, 0.2) is 47.6 Å². The Kier molecular flexibility index (Phi) is 3.63. The molecule has 2 rings (SSSR count). The van der Waals surface area contributed by atoms with Crippen molar-refractivity contribution in [1.29, 1.82) is 0 Å². The van der Waals surface area contributed by atoms with Gasteiger partial charge in [0.05, 0.1) is 12.2 Å². The van der Waals surface area contributed by atoms with Crippen LogP contribution in [0.5, 0.6) is 0 Å². The fourth-order valence-electron chi connectivity index (χ4n) is 1.60. The number of hydrogen-bond acceptors (Lipinski definition) is 4. The number of nitrogens with two attached hydrogens (primary N) is 1. The van der Waals surface area contributed by atoms with Gasteiger partial charge in [-0.2, -0.15) is 5.10 Å². The Bertz CT molecular complexity index is 608. The third-order valence-corrected chi connectivity index (χ3v) is 3.38. The number of benzene rings is 1. The van der Waals surface area contributed by atoms with Gasteiger partial charge in [0.15, 0.2) is 0 Å². The van der Waals surface area contributed by atoms with Gasteiger partial charge in [-0.3, -0.25) is 4.68 Å². The summed E-state index contributed by atoms with van der Waals surface area (Å²) >= 11 is 0. The molecule has 0 bridgehead atoms. The Labute approximate surface area is 105 Å². The number of sulfonamides is 1. The molecule has 2 aromatic rings. The van der Waals surface area contributed by atoms with Crippen LogP contribution in [0.2, 0.25) is 0 Å². The predicted octanol–water partition coefficient (Wildman–Crippen LogP) is 0.643. The number of nitrogens with zero attached hydrogens (tertiary/aromatic N) is 2. The van der Waals surface area contributed by atoms with Gasteiger partial charge in [-0.1, -0.05) is 12.1 Å². The van der Waals surface area contributed by atoms with E-state index in [-0.39, 0.29) is 4.90 Å². The van der Waals surface area contributed by atoms with E-state index in [1.54, 1.807) is 29.1 Å². The number of hydrogen-bond donors (Lipinski definition) is 2. The molecule has 0 radical (unpaired) electrons. The lowest BCUT2D eigenvalue weighted by molar-refractivity contribution is 0.597. The molecule has 0 fully saturated rings. The molecule has 0 aliphatic carbocycles. The molecule has 96 valence electrons. The first kappa shape index (κ1) is 12.6. The predicted molar refractivity (Wildman–Crippen MR) is 68.5 cm³/mol. The third kappa shape index (κ3) is 3.08. The van der Waals surface area contributed by atoms with Crippen molar-refractivity contribution in [2.24, 2.45) is 5.14 Å². The lowest BCUT2D eigenvalue weighted by Crippen LogP contribution is -2.17. The molecule has 18 heavy (non-hydrogen) atoms. The molecular weight excluding hydrogens is 252 g/mol. The highest BCUT2D eigenvalue weighted by Gasteiger charge is 2.12. The van der Waals surface area contributed by atoms with Crippen LogP contribution in [0, 0.1) is 0 Å². The van der Waals surface area contributed by atoms with Crippen LogP contribution < -0.4 is 10.5 Å². The second kappa shape index (κ2) is 5.19. The molecule has 1 aromatic heterocycles. The summed E-state index contributed by atoms with van der Waals surface area (Å²) in [7, 11) is -3.70. The van der Waals surface area contributed by atoms with Gasteiger partial charge >= 0.3 is 0 Å². The van der Waals surface area contributed by atoms with E-state index in [0.717, 1.165) is 0 Å². The van der Waals surface area contributed by atoms with Gasteiger partial charge in [-0.25, -0.2) is 13.6 Å². The third-order valence-electron chi connectivity index (χ3n) is 2.41. The zero-order chi connectivity index (χ0) is 13.0. The average molecular weight is 266 g/mol. The molecule has 1 heterocycles. The van der Waals surface area contributed by atoms with E-state index >= 15 is 0 Å². The SMILES string of the molecule is NS(=O)(=O)c1ccccc1NCCn1cccn1. The van der Waals surface area contributed by atoms with Crippen molar-refractivity contribution in [3.8, 4) is 0 Å². The van der Waals surface area contributed by atoms with E-state index in [1.165, 1.54) is 6.07 Å². The number of nitrogens with one attached hydrogen (secondary N) is 1. The Morgan fingerprint density at radius 2 is 2.06 bits per heavy atom. The number of rotatable bonds is 5. The maximum absolute atomic E-state index is 11.4. The van der Waals surface area contributed by atoms with Crippen molar-refractivity contribution in [3.05, 3.63) is 42.7 Å². The number of anilines is 1. The van der Waals surface area contributed by atoms with E-state index in [2.05, 4.69) is 10.4 Å². The molecule has 0 amide bonds. The quantitative estimate of drug-likeness (QED) is 0.831. The summed E-state index contributed by atoms with van der Waals surface area (Å²) in [5, 5.41) is 12.2. The van der Waals surface area contributed by atoms with Crippen molar-refractivity contribution >= 4 is 15.7 Å². The molecule has 3 N–H and O–H groups in total. The lowest BCUT2D eigenvalue weighted by atomic mass is 10.3. The minimum Gasteiger partial charge on any atom is -0.382 e. The zero-order valence-corrected chi connectivity index (χ0v) is 10.5. The number of aromatic nitrogens is 2. The first-order valence-corrected chi connectivity index (χ1v) is 6.95. The van der Waals surface area contributed by atoms with Gasteiger partial charge in [0.1, 0.15) is 4.90 Å². The van der Waals surface area contributed by atoms with Gasteiger partial charge in [0, 0.05) is 18.9 Å². The van der Waals surface area contributed by atoms with E-state index < -0.39 is 10.0 Å². The highest BCUT2D eigenvalue weighted by Crippen LogP contribution is 2.18. The fraction of sp³-hybridized carbons (Fsp3) is 0.182. The lowest BCUT2D eigenvalue weighted by Gasteiger charge is -2.10. The molecule has 0 aliphatic rings. The van der Waals surface area contributed by atoms with Crippen molar-refractivity contribution in [2.45, 2.75) is 11.4 Å². The van der Waals surface area contributed by atoms with Crippen molar-refractivity contribution in [3.63, 3.8) is 0 Å². The molecular formula is C11H14N4O2S. The molecule has 0 atom stereocenters. The largest absolute Gasteiger partial charge is 0.382 e. The first-order chi connectivity index (χ1) is 8.57. The van der Waals surface area contributed by atoms with Crippen molar-refractivity contribution in [2.75, 3.05) is 11.9 Å².